The molecular formula is C16H17FN2O. The number of rotatable bonds is 4. The molecule has 0 saturated heterocycles. The normalized spacial score (nSPS) is 10.1. The summed E-state index contributed by atoms with van der Waals surface area (Å²) in [4.78, 5) is 11.7. The van der Waals surface area contributed by atoms with Crippen LogP contribution in [0.25, 0.3) is 0 Å². The lowest BCUT2D eigenvalue weighted by molar-refractivity contribution is 0.252. The molecule has 2 rings (SSSR count). The first-order valence-electron chi connectivity index (χ1n) is 6.50. The van der Waals surface area contributed by atoms with Crippen LogP contribution in [-0.2, 0) is 6.42 Å². The van der Waals surface area contributed by atoms with Gasteiger partial charge in [0.25, 0.3) is 0 Å². The molecule has 2 aromatic rings. The van der Waals surface area contributed by atoms with E-state index >= 15 is 0 Å². The molecule has 0 atom stereocenters. The van der Waals surface area contributed by atoms with Gasteiger partial charge in [0.2, 0.25) is 0 Å². The zero-order valence-electron chi connectivity index (χ0n) is 11.3. The van der Waals surface area contributed by atoms with Crippen molar-refractivity contribution >= 4 is 11.7 Å². The van der Waals surface area contributed by atoms with Gasteiger partial charge >= 0.3 is 6.03 Å². The maximum absolute atomic E-state index is 13.4. The fourth-order valence-electron chi connectivity index (χ4n) is 1.89. The number of halogens is 1. The van der Waals surface area contributed by atoms with Crippen LogP contribution in [0.5, 0.6) is 0 Å². The van der Waals surface area contributed by atoms with Crippen LogP contribution in [0.1, 0.15) is 11.1 Å². The second kappa shape index (κ2) is 6.70. The predicted octanol–water partition coefficient (Wildman–Crippen LogP) is 3.50. The molecule has 20 heavy (non-hydrogen) atoms. The highest BCUT2D eigenvalue weighted by atomic mass is 19.1. The Labute approximate surface area is 117 Å². The van der Waals surface area contributed by atoms with Crippen LogP contribution < -0.4 is 10.6 Å². The van der Waals surface area contributed by atoms with Crippen LogP contribution >= 0.6 is 0 Å². The molecule has 0 aliphatic carbocycles. The number of carbonyl (C=O) groups excluding carboxylic acids is 1. The molecule has 0 bridgehead atoms. The highest BCUT2D eigenvalue weighted by Gasteiger charge is 2.04. The van der Waals surface area contributed by atoms with E-state index in [4.69, 9.17) is 0 Å². The van der Waals surface area contributed by atoms with E-state index in [0.29, 0.717) is 18.5 Å². The number of aryl methyl sites for hydroxylation is 1. The number of nitrogens with one attached hydrogen (secondary N) is 2. The molecule has 0 unspecified atom stereocenters. The third kappa shape index (κ3) is 3.82. The quantitative estimate of drug-likeness (QED) is 0.878. The first kappa shape index (κ1) is 14.1. The van der Waals surface area contributed by atoms with E-state index in [2.05, 4.69) is 10.6 Å². The minimum atomic E-state index is -0.282. The van der Waals surface area contributed by atoms with Gasteiger partial charge in [0.1, 0.15) is 5.82 Å². The number of carbonyl (C=O) groups is 1. The van der Waals surface area contributed by atoms with Crippen LogP contribution in [0.4, 0.5) is 14.9 Å². The Kier molecular flexibility index (Phi) is 4.71. The van der Waals surface area contributed by atoms with Crippen LogP contribution in [-0.4, -0.2) is 12.6 Å². The van der Waals surface area contributed by atoms with Crippen molar-refractivity contribution in [2.75, 3.05) is 11.9 Å². The Hall–Kier alpha value is -2.36. The lowest BCUT2D eigenvalue weighted by atomic mass is 10.1. The summed E-state index contributed by atoms with van der Waals surface area (Å²) in [5, 5.41) is 5.48. The lowest BCUT2D eigenvalue weighted by Gasteiger charge is -2.09. The number of amides is 2. The van der Waals surface area contributed by atoms with Crippen molar-refractivity contribution in [3.05, 3.63) is 65.5 Å². The summed E-state index contributed by atoms with van der Waals surface area (Å²) in [6.45, 7) is 2.31. The van der Waals surface area contributed by atoms with Gasteiger partial charge in [-0.15, -0.1) is 0 Å². The summed E-state index contributed by atoms with van der Waals surface area (Å²) in [5.74, 6) is -0.242. The molecular weight excluding hydrogens is 255 g/mol. The molecule has 4 heteroatoms. The molecule has 0 heterocycles. The molecule has 0 aromatic heterocycles. The average molecular weight is 272 g/mol. The van der Waals surface area contributed by atoms with Crippen molar-refractivity contribution in [1.29, 1.82) is 0 Å². The van der Waals surface area contributed by atoms with E-state index in [1.807, 2.05) is 31.2 Å². The van der Waals surface area contributed by atoms with Gasteiger partial charge in [0.15, 0.2) is 0 Å². The molecule has 0 radical (unpaired) electrons. The van der Waals surface area contributed by atoms with Gasteiger partial charge in [0.05, 0.1) is 0 Å². The molecule has 0 aliphatic rings. The second-order valence-corrected chi connectivity index (χ2v) is 4.54. The third-order valence-corrected chi connectivity index (χ3v) is 3.03. The minimum absolute atomic E-state index is 0.242. The van der Waals surface area contributed by atoms with Gasteiger partial charge in [0, 0.05) is 12.2 Å². The highest BCUT2D eigenvalue weighted by Crippen LogP contribution is 2.12. The summed E-state index contributed by atoms with van der Waals surface area (Å²) >= 11 is 0. The number of urea groups is 1. The molecule has 0 saturated carbocycles. The highest BCUT2D eigenvalue weighted by molar-refractivity contribution is 5.89. The Balaban J connectivity index is 1.82. The number of benzene rings is 2. The average Bonchev–Trinajstić information content (AvgIpc) is 2.43. The van der Waals surface area contributed by atoms with E-state index in [0.717, 1.165) is 11.3 Å². The summed E-state index contributed by atoms with van der Waals surface area (Å²) in [6.07, 6.45) is 0.466. The van der Waals surface area contributed by atoms with Crippen LogP contribution in [0, 0.1) is 12.7 Å². The van der Waals surface area contributed by atoms with Gasteiger partial charge in [-0.25, -0.2) is 9.18 Å². The Bertz CT molecular complexity index is 599. The van der Waals surface area contributed by atoms with Crippen molar-refractivity contribution in [1.82, 2.24) is 5.32 Å². The maximum atomic E-state index is 13.4. The zero-order chi connectivity index (χ0) is 14.4. The maximum Gasteiger partial charge on any atom is 0.319 e. The molecule has 0 spiro atoms. The Morgan fingerprint density at radius 2 is 1.80 bits per heavy atom. The predicted molar refractivity (Wildman–Crippen MR) is 78.3 cm³/mol. The second-order valence-electron chi connectivity index (χ2n) is 4.54. The SMILES string of the molecule is Cc1ccccc1NC(=O)NCCc1ccccc1F. The minimum Gasteiger partial charge on any atom is -0.338 e. The van der Waals surface area contributed by atoms with Crippen LogP contribution in [0.2, 0.25) is 0 Å². The van der Waals surface area contributed by atoms with E-state index in [-0.39, 0.29) is 11.8 Å². The molecule has 104 valence electrons. The van der Waals surface area contributed by atoms with E-state index in [1.54, 1.807) is 18.2 Å². The summed E-state index contributed by atoms with van der Waals surface area (Å²) in [6, 6.07) is 13.8. The zero-order valence-corrected chi connectivity index (χ0v) is 11.3. The monoisotopic (exact) mass is 272 g/mol. The van der Waals surface area contributed by atoms with Gasteiger partial charge in [-0.2, -0.15) is 0 Å². The molecule has 2 N–H and O–H groups in total. The molecule has 2 amide bonds. The molecule has 0 aliphatic heterocycles. The summed E-state index contributed by atoms with van der Waals surface area (Å²) < 4.78 is 13.4. The standard InChI is InChI=1S/C16H17FN2O/c1-12-6-2-5-9-15(12)19-16(20)18-11-10-13-7-3-4-8-14(13)17/h2-9H,10-11H2,1H3,(H2,18,19,20). The Morgan fingerprint density at radius 1 is 1.10 bits per heavy atom. The van der Waals surface area contributed by atoms with Gasteiger partial charge in [-0.1, -0.05) is 36.4 Å². The topological polar surface area (TPSA) is 41.1 Å². The van der Waals surface area contributed by atoms with E-state index in [1.165, 1.54) is 6.07 Å². The fourth-order valence-corrected chi connectivity index (χ4v) is 1.89. The number of para-hydroxylation sites is 1. The first-order valence-corrected chi connectivity index (χ1v) is 6.50. The summed E-state index contributed by atoms with van der Waals surface area (Å²) in [7, 11) is 0. The van der Waals surface area contributed by atoms with Crippen LogP contribution in [0.3, 0.4) is 0 Å². The smallest absolute Gasteiger partial charge is 0.319 e. The number of hydrogen-bond donors (Lipinski definition) is 2. The lowest BCUT2D eigenvalue weighted by Crippen LogP contribution is -2.30. The molecule has 2 aromatic carbocycles. The van der Waals surface area contributed by atoms with Gasteiger partial charge < -0.3 is 10.6 Å². The number of anilines is 1. The number of hydrogen-bond acceptors (Lipinski definition) is 1. The molecule has 3 nitrogen and oxygen atoms in total. The first-order chi connectivity index (χ1) is 9.66. The van der Waals surface area contributed by atoms with E-state index < -0.39 is 0 Å². The van der Waals surface area contributed by atoms with Crippen molar-refractivity contribution in [2.45, 2.75) is 13.3 Å². The van der Waals surface area contributed by atoms with Crippen molar-refractivity contribution in [2.24, 2.45) is 0 Å². The fraction of sp³-hybridized carbons (Fsp3) is 0.188. The van der Waals surface area contributed by atoms with Crippen LogP contribution in [0.15, 0.2) is 48.5 Å². The van der Waals surface area contributed by atoms with Crippen molar-refractivity contribution in [3.63, 3.8) is 0 Å². The third-order valence-electron chi connectivity index (χ3n) is 3.03. The molecule has 0 fully saturated rings. The van der Waals surface area contributed by atoms with Crippen molar-refractivity contribution in [3.8, 4) is 0 Å². The van der Waals surface area contributed by atoms with Gasteiger partial charge in [-0.05, 0) is 36.6 Å². The van der Waals surface area contributed by atoms with Gasteiger partial charge in [-0.3, -0.25) is 0 Å². The Morgan fingerprint density at radius 3 is 2.55 bits per heavy atom. The summed E-state index contributed by atoms with van der Waals surface area (Å²) in [5.41, 5.74) is 2.37. The van der Waals surface area contributed by atoms with Crippen molar-refractivity contribution < 1.29 is 9.18 Å². The van der Waals surface area contributed by atoms with E-state index in [9.17, 15) is 9.18 Å². The largest absolute Gasteiger partial charge is 0.338 e.